The molecular weight excluding hydrogens is 471 g/mol. The number of nitrogens with zero attached hydrogens (tertiary/aromatic N) is 2. The van der Waals surface area contributed by atoms with Gasteiger partial charge in [0.05, 0.1) is 18.9 Å². The van der Waals surface area contributed by atoms with Gasteiger partial charge in [0.15, 0.2) is 5.96 Å². The molecule has 2 unspecified atom stereocenters. The van der Waals surface area contributed by atoms with Crippen LogP contribution in [0, 0.1) is 0 Å². The van der Waals surface area contributed by atoms with Crippen LogP contribution in [0.15, 0.2) is 27.8 Å². The van der Waals surface area contributed by atoms with E-state index in [1.54, 1.807) is 6.26 Å². The Bertz CT molecular complexity index is 603. The van der Waals surface area contributed by atoms with Gasteiger partial charge in [-0.3, -0.25) is 9.79 Å². The second kappa shape index (κ2) is 12.3. The van der Waals surface area contributed by atoms with Crippen LogP contribution in [-0.2, 0) is 16.0 Å². The first-order valence-electron chi connectivity index (χ1n) is 10.2. The van der Waals surface area contributed by atoms with Crippen molar-refractivity contribution >= 4 is 35.8 Å². The summed E-state index contributed by atoms with van der Waals surface area (Å²) < 4.78 is 11.2. The summed E-state index contributed by atoms with van der Waals surface area (Å²) in [4.78, 5) is 18.6. The van der Waals surface area contributed by atoms with Crippen LogP contribution in [-0.4, -0.2) is 61.7 Å². The van der Waals surface area contributed by atoms with Gasteiger partial charge in [-0.15, -0.1) is 24.0 Å². The second-order valence-electron chi connectivity index (χ2n) is 7.26. The van der Waals surface area contributed by atoms with Crippen LogP contribution in [0.3, 0.4) is 0 Å². The van der Waals surface area contributed by atoms with Gasteiger partial charge in [-0.05, 0) is 37.8 Å². The molecule has 0 bridgehead atoms. The summed E-state index contributed by atoms with van der Waals surface area (Å²) in [5, 5.41) is 6.91. The van der Waals surface area contributed by atoms with E-state index in [0.29, 0.717) is 13.0 Å². The monoisotopic (exact) mass is 504 g/mol. The van der Waals surface area contributed by atoms with Gasteiger partial charge in [-0.25, -0.2) is 0 Å². The van der Waals surface area contributed by atoms with Crippen molar-refractivity contribution in [2.75, 3.05) is 32.8 Å². The minimum atomic E-state index is 0. The number of hydrogen-bond acceptors (Lipinski definition) is 4. The second-order valence-corrected chi connectivity index (χ2v) is 7.26. The third-order valence-electron chi connectivity index (χ3n) is 5.16. The lowest BCUT2D eigenvalue weighted by atomic mass is 10.1. The lowest BCUT2D eigenvalue weighted by Gasteiger charge is -2.22. The number of rotatable bonds is 7. The molecule has 0 aliphatic carbocycles. The number of likely N-dealkylation sites (tertiary alicyclic amines) is 1. The standard InChI is InChI=1S/C20H32N4O3.HI/c1-2-19(25)24-11-9-16(15-24)23-20(21-10-8-17-7-5-13-26-17)22-14-18-6-3-4-12-27-18;/h5,7,13,16,18H,2-4,6,8-12,14-15H2,1H3,(H2,21,22,23);1H. The summed E-state index contributed by atoms with van der Waals surface area (Å²) in [6.45, 7) is 5.72. The van der Waals surface area contributed by atoms with Crippen LogP contribution < -0.4 is 10.6 Å². The van der Waals surface area contributed by atoms with Crippen LogP contribution in [0.2, 0.25) is 0 Å². The Morgan fingerprint density at radius 3 is 2.96 bits per heavy atom. The van der Waals surface area contributed by atoms with E-state index >= 15 is 0 Å². The van der Waals surface area contributed by atoms with E-state index in [9.17, 15) is 4.79 Å². The van der Waals surface area contributed by atoms with Crippen LogP contribution in [0.4, 0.5) is 0 Å². The third kappa shape index (κ3) is 7.27. The Balaban J connectivity index is 0.00000280. The van der Waals surface area contributed by atoms with Crippen molar-refractivity contribution in [2.24, 2.45) is 4.99 Å². The topological polar surface area (TPSA) is 79.1 Å². The van der Waals surface area contributed by atoms with E-state index < -0.39 is 0 Å². The highest BCUT2D eigenvalue weighted by Gasteiger charge is 2.26. The highest BCUT2D eigenvalue weighted by Crippen LogP contribution is 2.13. The van der Waals surface area contributed by atoms with Crippen LogP contribution in [0.25, 0.3) is 0 Å². The van der Waals surface area contributed by atoms with Gasteiger partial charge in [0.1, 0.15) is 5.76 Å². The van der Waals surface area contributed by atoms with Gasteiger partial charge in [-0.1, -0.05) is 6.92 Å². The predicted molar refractivity (Wildman–Crippen MR) is 120 cm³/mol. The van der Waals surface area contributed by atoms with E-state index in [-0.39, 0.29) is 42.0 Å². The zero-order valence-electron chi connectivity index (χ0n) is 16.7. The Kier molecular flexibility index (Phi) is 10.1. The van der Waals surface area contributed by atoms with Crippen molar-refractivity contribution in [3.8, 4) is 0 Å². The van der Waals surface area contributed by atoms with Crippen molar-refractivity contribution < 1.29 is 13.9 Å². The molecule has 1 aromatic rings. The van der Waals surface area contributed by atoms with E-state index in [1.165, 1.54) is 6.42 Å². The van der Waals surface area contributed by atoms with Gasteiger partial charge in [0, 0.05) is 45.1 Å². The minimum absolute atomic E-state index is 0. The normalized spacial score (nSPS) is 22.6. The van der Waals surface area contributed by atoms with Crippen molar-refractivity contribution in [3.05, 3.63) is 24.2 Å². The molecule has 8 heteroatoms. The van der Waals surface area contributed by atoms with E-state index in [0.717, 1.165) is 63.6 Å². The summed E-state index contributed by atoms with van der Waals surface area (Å²) in [6.07, 6.45) is 7.66. The highest BCUT2D eigenvalue weighted by atomic mass is 127. The van der Waals surface area contributed by atoms with E-state index in [2.05, 4.69) is 10.6 Å². The van der Waals surface area contributed by atoms with Crippen molar-refractivity contribution in [1.82, 2.24) is 15.5 Å². The van der Waals surface area contributed by atoms with Crippen LogP contribution >= 0.6 is 24.0 Å². The molecule has 0 aromatic carbocycles. The zero-order valence-corrected chi connectivity index (χ0v) is 19.0. The average molecular weight is 504 g/mol. The maximum absolute atomic E-state index is 11.9. The van der Waals surface area contributed by atoms with Gasteiger partial charge < -0.3 is 24.7 Å². The molecule has 28 heavy (non-hydrogen) atoms. The number of furan rings is 1. The SMILES string of the molecule is CCC(=O)N1CCC(NC(=NCC2CCCCO2)NCCc2ccco2)C1.I. The number of ether oxygens (including phenoxy) is 1. The molecule has 1 amide bonds. The Labute approximate surface area is 184 Å². The summed E-state index contributed by atoms with van der Waals surface area (Å²) in [5.41, 5.74) is 0. The summed E-state index contributed by atoms with van der Waals surface area (Å²) in [6, 6.07) is 4.12. The number of carbonyl (C=O) groups is 1. The Morgan fingerprint density at radius 2 is 2.25 bits per heavy atom. The van der Waals surface area contributed by atoms with Crippen molar-refractivity contribution in [3.63, 3.8) is 0 Å². The van der Waals surface area contributed by atoms with Gasteiger partial charge >= 0.3 is 0 Å². The molecular formula is C20H33IN4O3. The van der Waals surface area contributed by atoms with Crippen molar-refractivity contribution in [1.29, 1.82) is 0 Å². The molecule has 0 spiro atoms. The number of carbonyl (C=O) groups excluding carboxylic acids is 1. The molecule has 2 fully saturated rings. The van der Waals surface area contributed by atoms with Crippen LogP contribution in [0.5, 0.6) is 0 Å². The van der Waals surface area contributed by atoms with Gasteiger partial charge in [-0.2, -0.15) is 0 Å². The number of guanidine groups is 1. The van der Waals surface area contributed by atoms with Gasteiger partial charge in [0.2, 0.25) is 5.91 Å². The first-order valence-corrected chi connectivity index (χ1v) is 10.2. The molecule has 2 N–H and O–H groups in total. The number of aliphatic imine (C=N–C) groups is 1. The molecule has 2 saturated heterocycles. The molecule has 3 heterocycles. The van der Waals surface area contributed by atoms with Gasteiger partial charge in [0.25, 0.3) is 0 Å². The van der Waals surface area contributed by atoms with Crippen LogP contribution in [0.1, 0.15) is 44.8 Å². The molecule has 2 atom stereocenters. The number of halogens is 1. The highest BCUT2D eigenvalue weighted by molar-refractivity contribution is 14.0. The molecule has 2 aliphatic heterocycles. The fraction of sp³-hybridized carbons (Fsp3) is 0.700. The molecule has 7 nitrogen and oxygen atoms in total. The molecule has 3 rings (SSSR count). The Hall–Kier alpha value is -1.29. The van der Waals surface area contributed by atoms with E-state index in [4.69, 9.17) is 14.1 Å². The quantitative estimate of drug-likeness (QED) is 0.339. The lowest BCUT2D eigenvalue weighted by molar-refractivity contribution is -0.129. The number of nitrogens with one attached hydrogen (secondary N) is 2. The average Bonchev–Trinajstić information content (AvgIpc) is 3.38. The molecule has 1 aromatic heterocycles. The van der Waals surface area contributed by atoms with E-state index in [1.807, 2.05) is 24.0 Å². The molecule has 158 valence electrons. The summed E-state index contributed by atoms with van der Waals surface area (Å²) >= 11 is 0. The molecule has 2 aliphatic rings. The molecule has 0 saturated carbocycles. The maximum atomic E-state index is 11.9. The maximum Gasteiger partial charge on any atom is 0.222 e. The van der Waals surface area contributed by atoms with Crippen molar-refractivity contribution in [2.45, 2.75) is 57.6 Å². The fourth-order valence-corrected chi connectivity index (χ4v) is 3.58. The predicted octanol–water partition coefficient (Wildman–Crippen LogP) is 2.56. The minimum Gasteiger partial charge on any atom is -0.469 e. The summed E-state index contributed by atoms with van der Waals surface area (Å²) in [7, 11) is 0. The number of hydrogen-bond donors (Lipinski definition) is 2. The zero-order chi connectivity index (χ0) is 18.9. The first-order chi connectivity index (χ1) is 13.2. The smallest absolute Gasteiger partial charge is 0.222 e. The Morgan fingerprint density at radius 1 is 1.36 bits per heavy atom. The lowest BCUT2D eigenvalue weighted by Crippen LogP contribution is -2.46. The third-order valence-corrected chi connectivity index (χ3v) is 5.16. The fourth-order valence-electron chi connectivity index (χ4n) is 3.58. The largest absolute Gasteiger partial charge is 0.469 e. The summed E-state index contributed by atoms with van der Waals surface area (Å²) in [5.74, 6) is 1.98. The molecule has 0 radical (unpaired) electrons. The first kappa shape index (κ1) is 23.0. The number of amides is 1.